The Hall–Kier alpha value is -3.15. The number of benzene rings is 1. The van der Waals surface area contributed by atoms with Crippen molar-refractivity contribution in [3.63, 3.8) is 0 Å². The minimum atomic E-state index is -0.236. The molecule has 2 aromatic heterocycles. The van der Waals surface area contributed by atoms with Crippen molar-refractivity contribution in [2.75, 3.05) is 13.7 Å². The number of aromatic nitrogens is 2. The SMILES string of the molecule is COc1ccccc1-c1ncoc1C(=O)NCC1CCC(c2ccnc(C)c2)CC1. The van der Waals surface area contributed by atoms with E-state index in [1.807, 2.05) is 37.4 Å². The standard InChI is InChI=1S/C24H27N3O3/c1-16-13-19(11-12-25-16)18-9-7-17(8-10-18)14-26-24(28)23-22(27-15-30-23)20-5-3-4-6-21(20)29-2/h3-6,11-13,15,17-18H,7-10,14H2,1-2H3,(H,26,28). The van der Waals surface area contributed by atoms with Crippen LogP contribution in [-0.4, -0.2) is 29.5 Å². The summed E-state index contributed by atoms with van der Waals surface area (Å²) < 4.78 is 10.8. The number of hydrogen-bond acceptors (Lipinski definition) is 5. The molecule has 30 heavy (non-hydrogen) atoms. The van der Waals surface area contributed by atoms with E-state index in [0.29, 0.717) is 29.8 Å². The summed E-state index contributed by atoms with van der Waals surface area (Å²) in [4.78, 5) is 21.3. The highest BCUT2D eigenvalue weighted by molar-refractivity contribution is 5.97. The van der Waals surface area contributed by atoms with E-state index in [9.17, 15) is 4.79 Å². The van der Waals surface area contributed by atoms with Crippen LogP contribution in [0.5, 0.6) is 5.75 Å². The molecule has 1 amide bonds. The van der Waals surface area contributed by atoms with Crippen molar-refractivity contribution in [2.24, 2.45) is 5.92 Å². The molecule has 3 aromatic rings. The number of para-hydroxylation sites is 1. The molecule has 6 nitrogen and oxygen atoms in total. The summed E-state index contributed by atoms with van der Waals surface area (Å²) in [7, 11) is 1.60. The molecule has 1 saturated carbocycles. The largest absolute Gasteiger partial charge is 0.496 e. The number of rotatable bonds is 6. The van der Waals surface area contributed by atoms with Gasteiger partial charge in [-0.1, -0.05) is 12.1 Å². The lowest BCUT2D eigenvalue weighted by Gasteiger charge is -2.29. The molecule has 0 saturated heterocycles. The summed E-state index contributed by atoms with van der Waals surface area (Å²) in [6.45, 7) is 2.68. The molecule has 1 N–H and O–H groups in total. The number of nitrogens with zero attached hydrogens (tertiary/aromatic N) is 2. The molecule has 0 bridgehead atoms. The van der Waals surface area contributed by atoms with Crippen molar-refractivity contribution in [1.82, 2.24) is 15.3 Å². The Morgan fingerprint density at radius 1 is 1.17 bits per heavy atom. The minimum Gasteiger partial charge on any atom is -0.496 e. The third-order valence-electron chi connectivity index (χ3n) is 5.93. The molecule has 4 rings (SSSR count). The Morgan fingerprint density at radius 2 is 1.97 bits per heavy atom. The first-order chi connectivity index (χ1) is 14.7. The van der Waals surface area contributed by atoms with E-state index in [0.717, 1.165) is 36.9 Å². The van der Waals surface area contributed by atoms with Gasteiger partial charge >= 0.3 is 0 Å². The summed E-state index contributed by atoms with van der Waals surface area (Å²) in [6, 6.07) is 11.8. The summed E-state index contributed by atoms with van der Waals surface area (Å²) in [5, 5.41) is 3.04. The molecule has 0 radical (unpaired) electrons. The maximum Gasteiger partial charge on any atom is 0.289 e. The van der Waals surface area contributed by atoms with Gasteiger partial charge in [0.2, 0.25) is 5.76 Å². The number of pyridine rings is 1. The summed E-state index contributed by atoms with van der Waals surface area (Å²) >= 11 is 0. The number of carbonyl (C=O) groups is 1. The van der Waals surface area contributed by atoms with Crippen LogP contribution in [0, 0.1) is 12.8 Å². The van der Waals surface area contributed by atoms with E-state index in [2.05, 4.69) is 27.4 Å². The van der Waals surface area contributed by atoms with Gasteiger partial charge in [0, 0.05) is 24.0 Å². The molecule has 156 valence electrons. The van der Waals surface area contributed by atoms with Crippen LogP contribution in [0.1, 0.15) is 53.4 Å². The van der Waals surface area contributed by atoms with E-state index in [1.54, 1.807) is 7.11 Å². The highest BCUT2D eigenvalue weighted by Crippen LogP contribution is 2.36. The number of ether oxygens (including phenoxy) is 1. The molecular weight excluding hydrogens is 378 g/mol. The number of hydrogen-bond donors (Lipinski definition) is 1. The van der Waals surface area contributed by atoms with Crippen molar-refractivity contribution >= 4 is 5.91 Å². The number of aryl methyl sites for hydroxylation is 1. The molecule has 0 aliphatic heterocycles. The molecule has 0 spiro atoms. The zero-order chi connectivity index (χ0) is 20.9. The highest BCUT2D eigenvalue weighted by atomic mass is 16.5. The van der Waals surface area contributed by atoms with Crippen LogP contribution in [0.3, 0.4) is 0 Å². The smallest absolute Gasteiger partial charge is 0.289 e. The van der Waals surface area contributed by atoms with Crippen LogP contribution in [-0.2, 0) is 0 Å². The fourth-order valence-electron chi connectivity index (χ4n) is 4.28. The van der Waals surface area contributed by atoms with Crippen molar-refractivity contribution < 1.29 is 13.9 Å². The van der Waals surface area contributed by atoms with Gasteiger partial charge in [-0.3, -0.25) is 9.78 Å². The second-order valence-corrected chi connectivity index (χ2v) is 7.89. The highest BCUT2D eigenvalue weighted by Gasteiger charge is 2.25. The van der Waals surface area contributed by atoms with E-state index in [4.69, 9.17) is 9.15 Å². The first-order valence-corrected chi connectivity index (χ1v) is 10.4. The third kappa shape index (κ3) is 4.37. The van der Waals surface area contributed by atoms with Crippen molar-refractivity contribution in [3.05, 3.63) is 66.0 Å². The maximum absolute atomic E-state index is 12.8. The Bertz CT molecular complexity index is 1010. The Balaban J connectivity index is 1.35. The molecule has 1 aromatic carbocycles. The first kappa shape index (κ1) is 20.1. The molecule has 1 aliphatic rings. The second kappa shape index (κ2) is 9.11. The zero-order valence-electron chi connectivity index (χ0n) is 17.4. The third-order valence-corrected chi connectivity index (χ3v) is 5.93. The van der Waals surface area contributed by atoms with Crippen LogP contribution in [0.2, 0.25) is 0 Å². The molecule has 6 heteroatoms. The van der Waals surface area contributed by atoms with Gasteiger partial charge in [-0.05, 0) is 74.3 Å². The average Bonchev–Trinajstić information content (AvgIpc) is 3.27. The van der Waals surface area contributed by atoms with Gasteiger partial charge in [-0.15, -0.1) is 0 Å². The quantitative estimate of drug-likeness (QED) is 0.640. The first-order valence-electron chi connectivity index (χ1n) is 10.4. The fourth-order valence-corrected chi connectivity index (χ4v) is 4.28. The number of amides is 1. The summed E-state index contributed by atoms with van der Waals surface area (Å²) in [6.07, 6.45) is 7.67. The lowest BCUT2D eigenvalue weighted by Crippen LogP contribution is -2.31. The average molecular weight is 405 g/mol. The van der Waals surface area contributed by atoms with Crippen LogP contribution in [0.15, 0.2) is 53.4 Å². The molecule has 2 heterocycles. The van der Waals surface area contributed by atoms with Crippen LogP contribution in [0.25, 0.3) is 11.3 Å². The van der Waals surface area contributed by atoms with Crippen molar-refractivity contribution in [1.29, 1.82) is 0 Å². The van der Waals surface area contributed by atoms with Crippen molar-refractivity contribution in [2.45, 2.75) is 38.5 Å². The second-order valence-electron chi connectivity index (χ2n) is 7.89. The minimum absolute atomic E-state index is 0.223. The Labute approximate surface area is 176 Å². The molecule has 1 aliphatic carbocycles. The van der Waals surface area contributed by atoms with Gasteiger partial charge < -0.3 is 14.5 Å². The monoisotopic (exact) mass is 405 g/mol. The van der Waals surface area contributed by atoms with E-state index in [1.165, 1.54) is 12.0 Å². The predicted octanol–water partition coefficient (Wildman–Crippen LogP) is 4.76. The molecular formula is C24H27N3O3. The Kier molecular flexibility index (Phi) is 6.12. The predicted molar refractivity (Wildman–Crippen MR) is 114 cm³/mol. The van der Waals surface area contributed by atoms with E-state index in [-0.39, 0.29) is 11.7 Å². The summed E-state index contributed by atoms with van der Waals surface area (Å²) in [5.41, 5.74) is 3.70. The van der Waals surface area contributed by atoms with Crippen LogP contribution < -0.4 is 10.1 Å². The van der Waals surface area contributed by atoms with Gasteiger partial charge in [-0.25, -0.2) is 4.98 Å². The lowest BCUT2D eigenvalue weighted by molar-refractivity contribution is 0.0916. The number of carbonyl (C=O) groups excluding carboxylic acids is 1. The number of oxazole rings is 1. The van der Waals surface area contributed by atoms with Gasteiger partial charge in [0.05, 0.1) is 7.11 Å². The van der Waals surface area contributed by atoms with Gasteiger partial charge in [-0.2, -0.15) is 0 Å². The van der Waals surface area contributed by atoms with Crippen LogP contribution in [0.4, 0.5) is 0 Å². The molecule has 1 fully saturated rings. The molecule has 0 atom stereocenters. The fraction of sp³-hybridized carbons (Fsp3) is 0.375. The van der Waals surface area contributed by atoms with E-state index < -0.39 is 0 Å². The number of nitrogens with one attached hydrogen (secondary N) is 1. The topological polar surface area (TPSA) is 77.2 Å². The number of methoxy groups -OCH3 is 1. The molecule has 0 unspecified atom stereocenters. The van der Waals surface area contributed by atoms with Gasteiger partial charge in [0.25, 0.3) is 5.91 Å². The Morgan fingerprint density at radius 3 is 2.73 bits per heavy atom. The van der Waals surface area contributed by atoms with E-state index >= 15 is 0 Å². The van der Waals surface area contributed by atoms with Crippen molar-refractivity contribution in [3.8, 4) is 17.0 Å². The summed E-state index contributed by atoms with van der Waals surface area (Å²) in [5.74, 6) is 1.71. The maximum atomic E-state index is 12.8. The lowest BCUT2D eigenvalue weighted by atomic mass is 9.79. The van der Waals surface area contributed by atoms with Gasteiger partial charge in [0.15, 0.2) is 6.39 Å². The van der Waals surface area contributed by atoms with Gasteiger partial charge in [0.1, 0.15) is 11.4 Å². The normalized spacial score (nSPS) is 18.7. The van der Waals surface area contributed by atoms with Crippen LogP contribution >= 0.6 is 0 Å². The zero-order valence-corrected chi connectivity index (χ0v) is 17.4.